The van der Waals surface area contributed by atoms with Crippen molar-refractivity contribution in [2.45, 2.75) is 58.3 Å². The number of rotatable bonds is 8. The van der Waals surface area contributed by atoms with Gasteiger partial charge in [-0.3, -0.25) is 0 Å². The molecule has 0 saturated heterocycles. The molecule has 0 amide bonds. The first-order valence-electron chi connectivity index (χ1n) is 7.29. The summed E-state index contributed by atoms with van der Waals surface area (Å²) < 4.78 is 0. The van der Waals surface area contributed by atoms with Gasteiger partial charge >= 0.3 is 0 Å². The molecule has 0 saturated carbocycles. The van der Waals surface area contributed by atoms with Crippen LogP contribution in [-0.4, -0.2) is 0 Å². The van der Waals surface area contributed by atoms with Crippen molar-refractivity contribution in [3.05, 3.63) is 54.5 Å². The van der Waals surface area contributed by atoms with Crippen molar-refractivity contribution in [3.8, 4) is 0 Å². The average Bonchev–Trinajstić information content (AvgIpc) is 2.41. The van der Waals surface area contributed by atoms with Crippen LogP contribution in [0.25, 0.3) is 0 Å². The minimum atomic E-state index is 0.215. The van der Waals surface area contributed by atoms with E-state index in [-0.39, 0.29) is 5.92 Å². The summed E-state index contributed by atoms with van der Waals surface area (Å²) in [5.41, 5.74) is 4.26. The molecule has 1 aromatic rings. The molecular weight excluding hydrogens is 216 g/mol. The number of allylic oxidation sites excluding steroid dienone is 1. The van der Waals surface area contributed by atoms with E-state index < -0.39 is 0 Å². The van der Waals surface area contributed by atoms with Gasteiger partial charge in [0, 0.05) is 5.92 Å². The summed E-state index contributed by atoms with van der Waals surface area (Å²) in [5.74, 6) is 0.215. The van der Waals surface area contributed by atoms with Gasteiger partial charge in [0.15, 0.2) is 0 Å². The van der Waals surface area contributed by atoms with Gasteiger partial charge in [-0.2, -0.15) is 0 Å². The van der Waals surface area contributed by atoms with Crippen LogP contribution in [0.3, 0.4) is 0 Å². The van der Waals surface area contributed by atoms with E-state index in [0.29, 0.717) is 0 Å². The first-order chi connectivity index (χ1) is 8.71. The van der Waals surface area contributed by atoms with Gasteiger partial charge in [0.2, 0.25) is 0 Å². The molecule has 1 atom stereocenters. The van der Waals surface area contributed by atoms with Crippen molar-refractivity contribution in [1.29, 1.82) is 0 Å². The standard InChI is InChI=1S/C18H27/c1-5-8-10-16-12-17(11-9-6-2)14-18(13-16)15(4)7-3/h7,12-15H,3-6,8-11H2,1-2H3. The molecule has 0 fully saturated rings. The van der Waals surface area contributed by atoms with Crippen LogP contribution in [0.2, 0.25) is 0 Å². The van der Waals surface area contributed by atoms with Gasteiger partial charge in [0.05, 0.1) is 0 Å². The zero-order chi connectivity index (χ0) is 13.4. The fraction of sp³-hybridized carbons (Fsp3) is 0.500. The van der Waals surface area contributed by atoms with Gasteiger partial charge < -0.3 is 0 Å². The summed E-state index contributed by atoms with van der Waals surface area (Å²) in [6, 6.07) is 7.00. The number of benzene rings is 1. The summed E-state index contributed by atoms with van der Waals surface area (Å²) in [4.78, 5) is 0. The van der Waals surface area contributed by atoms with Crippen molar-refractivity contribution in [2.75, 3.05) is 0 Å². The molecule has 1 rings (SSSR count). The van der Waals surface area contributed by atoms with Crippen LogP contribution in [0.15, 0.2) is 30.9 Å². The van der Waals surface area contributed by atoms with Gasteiger partial charge in [-0.1, -0.05) is 51.0 Å². The molecule has 18 heavy (non-hydrogen) atoms. The van der Waals surface area contributed by atoms with Gasteiger partial charge in [-0.05, 0) is 49.3 Å². The molecule has 1 aromatic carbocycles. The number of hydrogen-bond acceptors (Lipinski definition) is 0. The van der Waals surface area contributed by atoms with Crippen LogP contribution in [0.4, 0.5) is 0 Å². The molecule has 0 bridgehead atoms. The van der Waals surface area contributed by atoms with Gasteiger partial charge in [-0.25, -0.2) is 0 Å². The Morgan fingerprint density at radius 2 is 1.50 bits per heavy atom. The van der Waals surface area contributed by atoms with Gasteiger partial charge in [-0.15, -0.1) is 6.58 Å². The normalized spacial score (nSPS) is 12.4. The van der Waals surface area contributed by atoms with Crippen LogP contribution >= 0.6 is 0 Å². The monoisotopic (exact) mass is 243 g/mol. The van der Waals surface area contributed by atoms with Crippen molar-refractivity contribution in [1.82, 2.24) is 0 Å². The molecule has 99 valence electrons. The maximum Gasteiger partial charge on any atom is 0.00158 e. The minimum absolute atomic E-state index is 0.215. The number of hydrogen-bond donors (Lipinski definition) is 0. The summed E-state index contributed by atoms with van der Waals surface area (Å²) >= 11 is 0. The molecule has 0 heterocycles. The maximum atomic E-state index is 4.15. The topological polar surface area (TPSA) is 0 Å². The van der Waals surface area contributed by atoms with Crippen molar-refractivity contribution >= 4 is 0 Å². The first kappa shape index (κ1) is 15.0. The van der Waals surface area contributed by atoms with Crippen molar-refractivity contribution in [2.24, 2.45) is 0 Å². The van der Waals surface area contributed by atoms with Crippen LogP contribution < -0.4 is 0 Å². The van der Waals surface area contributed by atoms with E-state index in [1.807, 2.05) is 6.08 Å². The lowest BCUT2D eigenvalue weighted by molar-refractivity contribution is 0.777. The highest BCUT2D eigenvalue weighted by atomic mass is 14.1. The number of aryl methyl sites for hydroxylation is 2. The van der Waals surface area contributed by atoms with Crippen LogP contribution in [-0.2, 0) is 12.8 Å². The Kier molecular flexibility index (Phi) is 6.78. The minimum Gasteiger partial charge on any atom is -0.102 e. The lowest BCUT2D eigenvalue weighted by Crippen LogP contribution is -1.97. The van der Waals surface area contributed by atoms with Crippen LogP contribution in [0.1, 0.15) is 62.1 Å². The van der Waals surface area contributed by atoms with Crippen molar-refractivity contribution < 1.29 is 0 Å². The van der Waals surface area contributed by atoms with E-state index in [1.54, 1.807) is 0 Å². The lowest BCUT2D eigenvalue weighted by Gasteiger charge is -2.12. The van der Waals surface area contributed by atoms with E-state index in [4.69, 9.17) is 0 Å². The second-order valence-corrected chi connectivity index (χ2v) is 5.13. The molecule has 1 unspecified atom stereocenters. The van der Waals surface area contributed by atoms with Crippen LogP contribution in [0, 0.1) is 6.92 Å². The third-order valence-electron chi connectivity index (χ3n) is 3.43. The third kappa shape index (κ3) is 4.68. The molecule has 1 radical (unpaired) electrons. The van der Waals surface area contributed by atoms with E-state index in [1.165, 1.54) is 55.2 Å². The van der Waals surface area contributed by atoms with E-state index >= 15 is 0 Å². The van der Waals surface area contributed by atoms with E-state index in [0.717, 1.165) is 0 Å². The fourth-order valence-electron chi connectivity index (χ4n) is 2.19. The molecule has 0 aromatic heterocycles. The van der Waals surface area contributed by atoms with Crippen LogP contribution in [0.5, 0.6) is 0 Å². The zero-order valence-corrected chi connectivity index (χ0v) is 12.0. The highest BCUT2D eigenvalue weighted by Gasteiger charge is 2.05. The summed E-state index contributed by atoms with van der Waals surface area (Å²) in [7, 11) is 0. The van der Waals surface area contributed by atoms with Gasteiger partial charge in [0.1, 0.15) is 0 Å². The summed E-state index contributed by atoms with van der Waals surface area (Å²) in [6.07, 6.45) is 9.36. The smallest absolute Gasteiger partial charge is 0.00158 e. The maximum absolute atomic E-state index is 4.15. The second-order valence-electron chi connectivity index (χ2n) is 5.13. The van der Waals surface area contributed by atoms with Crippen molar-refractivity contribution in [3.63, 3.8) is 0 Å². The molecule has 0 N–H and O–H groups in total. The molecule has 0 spiro atoms. The van der Waals surface area contributed by atoms with E-state index in [9.17, 15) is 0 Å². The molecule has 0 aliphatic carbocycles. The zero-order valence-electron chi connectivity index (χ0n) is 12.0. The molecule has 0 nitrogen and oxygen atoms in total. The Balaban J connectivity index is 2.91. The van der Waals surface area contributed by atoms with Gasteiger partial charge in [0.25, 0.3) is 0 Å². The third-order valence-corrected chi connectivity index (χ3v) is 3.43. The predicted molar refractivity (Wildman–Crippen MR) is 82.0 cm³/mol. The molecular formula is C18H27. The number of unbranched alkanes of at least 4 members (excludes halogenated alkanes) is 2. The highest BCUT2D eigenvalue weighted by Crippen LogP contribution is 2.22. The Morgan fingerprint density at radius 3 is 1.89 bits per heavy atom. The Morgan fingerprint density at radius 1 is 1.00 bits per heavy atom. The Labute approximate surface area is 113 Å². The highest BCUT2D eigenvalue weighted by molar-refractivity contribution is 5.35. The molecule has 0 aliphatic rings. The predicted octanol–water partition coefficient (Wildman–Crippen LogP) is 5.48. The quantitative estimate of drug-likeness (QED) is 0.531. The largest absolute Gasteiger partial charge is 0.102 e. The Hall–Kier alpha value is -1.04. The van der Waals surface area contributed by atoms with E-state index in [2.05, 4.69) is 45.5 Å². The Bertz CT molecular complexity index is 336. The molecule has 0 heteroatoms. The average molecular weight is 243 g/mol. The first-order valence-corrected chi connectivity index (χ1v) is 7.29. The summed E-state index contributed by atoms with van der Waals surface area (Å²) in [6.45, 7) is 12.5. The second kappa shape index (κ2) is 8.13. The SMILES string of the molecule is [CH2]C(C=C)c1cc(CCCC)cc(CCCC)c1. The summed E-state index contributed by atoms with van der Waals surface area (Å²) in [5, 5.41) is 0. The lowest BCUT2D eigenvalue weighted by atomic mass is 9.93. The molecule has 0 aliphatic heterocycles. The fourth-order valence-corrected chi connectivity index (χ4v) is 2.19.